The van der Waals surface area contributed by atoms with E-state index in [2.05, 4.69) is 111 Å². The Kier molecular flexibility index (Phi) is 67.3. The zero-order valence-corrected chi connectivity index (χ0v) is 53.1. The quantitative estimate of drug-likeness (QED) is 0.0373. The monoisotopic (exact) mass is 1110 g/mol. The average Bonchev–Trinajstić information content (AvgIpc) is 3.46. The second kappa shape index (κ2) is 70.1. The van der Waals surface area contributed by atoms with Crippen LogP contribution >= 0.6 is 0 Å². The molecule has 0 aliphatic heterocycles. The maximum atomic E-state index is 12.4. The van der Waals surface area contributed by atoms with Crippen molar-refractivity contribution < 1.29 is 24.2 Å². The highest BCUT2D eigenvalue weighted by molar-refractivity contribution is 5.70. The highest BCUT2D eigenvalue weighted by Gasteiger charge is 2.16. The van der Waals surface area contributed by atoms with Crippen molar-refractivity contribution in [3.05, 3.63) is 97.2 Å². The number of esters is 2. The first-order valence-corrected chi connectivity index (χ1v) is 34.8. The molecule has 0 fully saturated rings. The van der Waals surface area contributed by atoms with Crippen molar-refractivity contribution in [2.75, 3.05) is 13.2 Å². The van der Waals surface area contributed by atoms with Crippen LogP contribution in [-0.4, -0.2) is 36.4 Å². The average molecular weight is 1110 g/mol. The van der Waals surface area contributed by atoms with Gasteiger partial charge in [0.15, 0.2) is 6.10 Å². The summed E-state index contributed by atoms with van der Waals surface area (Å²) in [5.41, 5.74) is 0. The number of aliphatic hydroxyl groups excluding tert-OH is 1. The van der Waals surface area contributed by atoms with Gasteiger partial charge in [0.1, 0.15) is 6.61 Å². The molecule has 5 nitrogen and oxygen atoms in total. The summed E-state index contributed by atoms with van der Waals surface area (Å²) in [5, 5.41) is 9.70. The lowest BCUT2D eigenvalue weighted by molar-refractivity contribution is -0.161. The zero-order valence-electron chi connectivity index (χ0n) is 53.1. The SMILES string of the molecule is CC/C=C\C/C=C\C/C=C\C/C=C\C/C=C\CCCCCCCCCCCCCCCCCCCCCCCCCC(=O)OC(CO)COC(=O)CCCCCCCCCCCCCC/C=C\C/C=C\C/C=C\CCCCCCC. The molecule has 0 saturated carbocycles. The summed E-state index contributed by atoms with van der Waals surface area (Å²) in [6, 6.07) is 0. The molecule has 0 spiro atoms. The van der Waals surface area contributed by atoms with E-state index in [1.165, 1.54) is 238 Å². The molecule has 0 rings (SSSR count). The van der Waals surface area contributed by atoms with Crippen LogP contribution in [-0.2, 0) is 19.1 Å². The number of unbranched alkanes of at least 4 members (excludes halogenated alkanes) is 40. The molecule has 0 amide bonds. The number of ether oxygens (including phenoxy) is 2. The van der Waals surface area contributed by atoms with Crippen molar-refractivity contribution >= 4 is 11.9 Å². The molecule has 1 N–H and O–H groups in total. The van der Waals surface area contributed by atoms with Gasteiger partial charge in [0.25, 0.3) is 0 Å². The molecule has 0 bridgehead atoms. The Morgan fingerprint density at radius 2 is 0.537 bits per heavy atom. The third-order valence-corrected chi connectivity index (χ3v) is 15.4. The molecule has 80 heavy (non-hydrogen) atoms. The number of carbonyl (C=O) groups excluding carboxylic acids is 2. The molecular weight excluding hydrogens is 981 g/mol. The molecule has 0 aromatic rings. The molecule has 0 aromatic carbocycles. The van der Waals surface area contributed by atoms with Gasteiger partial charge >= 0.3 is 11.9 Å². The van der Waals surface area contributed by atoms with Crippen LogP contribution in [0.5, 0.6) is 0 Å². The topological polar surface area (TPSA) is 72.8 Å². The minimum atomic E-state index is -0.776. The normalized spacial score (nSPS) is 12.8. The minimum absolute atomic E-state index is 0.0659. The number of aliphatic hydroxyl groups is 1. The van der Waals surface area contributed by atoms with Gasteiger partial charge in [-0.05, 0) is 96.3 Å². The number of hydrogen-bond donors (Lipinski definition) is 1. The molecule has 0 heterocycles. The van der Waals surface area contributed by atoms with Crippen molar-refractivity contribution in [3.8, 4) is 0 Å². The van der Waals surface area contributed by atoms with Crippen LogP contribution in [0.2, 0.25) is 0 Å². The predicted molar refractivity (Wildman–Crippen MR) is 352 cm³/mol. The van der Waals surface area contributed by atoms with Crippen molar-refractivity contribution in [3.63, 3.8) is 0 Å². The highest BCUT2D eigenvalue weighted by atomic mass is 16.6. The van der Waals surface area contributed by atoms with Crippen LogP contribution in [0.15, 0.2) is 97.2 Å². The molecule has 5 heteroatoms. The van der Waals surface area contributed by atoms with E-state index in [1.54, 1.807) is 0 Å². The highest BCUT2D eigenvalue weighted by Crippen LogP contribution is 2.18. The van der Waals surface area contributed by atoms with Crippen LogP contribution in [0.3, 0.4) is 0 Å². The Balaban J connectivity index is 3.43. The van der Waals surface area contributed by atoms with Gasteiger partial charge in [0, 0.05) is 12.8 Å². The number of carbonyl (C=O) groups is 2. The number of hydrogen-bond acceptors (Lipinski definition) is 5. The second-order valence-corrected chi connectivity index (χ2v) is 23.2. The first kappa shape index (κ1) is 76.8. The standard InChI is InChI=1S/C75H132O5/c1-3-5-7-9-11-13-15-17-19-21-23-25-27-29-31-32-33-34-35-36-37-38-39-40-41-42-44-46-48-50-52-54-56-58-60-62-64-66-68-70-75(78)80-73(71-76)72-79-74(77)69-67-65-63-61-59-57-55-53-51-49-47-45-43-30-28-26-24-22-20-18-16-14-12-10-8-6-4-2/h5,7,11,13,16-19,22-25,28-31,73,76H,3-4,6,8-10,12,14-15,20-21,26-27,32-72H2,1-2H3/b7-5-,13-11-,18-16-,19-17-,24-22-,25-23-,30-28-,31-29-. The summed E-state index contributed by atoms with van der Waals surface area (Å²) in [4.78, 5) is 24.6. The fourth-order valence-corrected chi connectivity index (χ4v) is 10.2. The first-order chi connectivity index (χ1) is 39.6. The number of rotatable bonds is 64. The van der Waals surface area contributed by atoms with E-state index >= 15 is 0 Å². The molecule has 0 saturated heterocycles. The molecule has 0 aliphatic carbocycles. The minimum Gasteiger partial charge on any atom is -0.462 e. The predicted octanol–water partition coefficient (Wildman–Crippen LogP) is 24.2. The Labute approximate surface area is 498 Å². The fourth-order valence-electron chi connectivity index (χ4n) is 10.2. The van der Waals surface area contributed by atoms with E-state index in [0.717, 1.165) is 83.5 Å². The third kappa shape index (κ3) is 67.3. The Bertz CT molecular complexity index is 1500. The summed E-state index contributed by atoms with van der Waals surface area (Å²) in [7, 11) is 0. The Morgan fingerprint density at radius 3 is 0.812 bits per heavy atom. The van der Waals surface area contributed by atoms with Gasteiger partial charge in [0.2, 0.25) is 0 Å². The van der Waals surface area contributed by atoms with Gasteiger partial charge < -0.3 is 14.6 Å². The maximum Gasteiger partial charge on any atom is 0.306 e. The second-order valence-electron chi connectivity index (χ2n) is 23.2. The molecule has 462 valence electrons. The summed E-state index contributed by atoms with van der Waals surface area (Å²) >= 11 is 0. The van der Waals surface area contributed by atoms with E-state index in [0.29, 0.717) is 12.8 Å². The van der Waals surface area contributed by atoms with Crippen LogP contribution in [0, 0.1) is 0 Å². The lowest BCUT2D eigenvalue weighted by Gasteiger charge is -2.15. The van der Waals surface area contributed by atoms with Crippen LogP contribution in [0.25, 0.3) is 0 Å². The van der Waals surface area contributed by atoms with E-state index in [4.69, 9.17) is 9.47 Å². The lowest BCUT2D eigenvalue weighted by Crippen LogP contribution is -2.28. The van der Waals surface area contributed by atoms with Gasteiger partial charge in [0.05, 0.1) is 6.61 Å². The number of allylic oxidation sites excluding steroid dienone is 16. The van der Waals surface area contributed by atoms with Crippen LogP contribution in [0.1, 0.15) is 348 Å². The van der Waals surface area contributed by atoms with E-state index in [9.17, 15) is 14.7 Å². The van der Waals surface area contributed by atoms with E-state index in [-0.39, 0.29) is 25.2 Å². The largest absolute Gasteiger partial charge is 0.462 e. The van der Waals surface area contributed by atoms with Crippen molar-refractivity contribution in [1.29, 1.82) is 0 Å². The lowest BCUT2D eigenvalue weighted by atomic mass is 10.0. The molecular formula is C75H132O5. The Hall–Kier alpha value is -3.18. The van der Waals surface area contributed by atoms with Gasteiger partial charge in [-0.3, -0.25) is 9.59 Å². The summed E-state index contributed by atoms with van der Waals surface area (Å²) in [6.45, 7) is 4.05. The van der Waals surface area contributed by atoms with Gasteiger partial charge in [-0.2, -0.15) is 0 Å². The van der Waals surface area contributed by atoms with E-state index < -0.39 is 6.10 Å². The molecule has 1 unspecified atom stereocenters. The van der Waals surface area contributed by atoms with Crippen molar-refractivity contribution in [2.24, 2.45) is 0 Å². The third-order valence-electron chi connectivity index (χ3n) is 15.4. The zero-order chi connectivity index (χ0) is 57.6. The van der Waals surface area contributed by atoms with Crippen LogP contribution < -0.4 is 0 Å². The van der Waals surface area contributed by atoms with Gasteiger partial charge in [-0.15, -0.1) is 0 Å². The maximum absolute atomic E-state index is 12.4. The van der Waals surface area contributed by atoms with Crippen molar-refractivity contribution in [1.82, 2.24) is 0 Å². The van der Waals surface area contributed by atoms with Crippen LogP contribution in [0.4, 0.5) is 0 Å². The van der Waals surface area contributed by atoms with Gasteiger partial charge in [-0.25, -0.2) is 0 Å². The summed E-state index contributed by atoms with van der Waals surface area (Å²) in [5.74, 6) is -0.579. The molecule has 0 aromatic heterocycles. The van der Waals surface area contributed by atoms with Crippen molar-refractivity contribution in [2.45, 2.75) is 354 Å². The smallest absolute Gasteiger partial charge is 0.306 e. The Morgan fingerprint density at radius 1 is 0.300 bits per heavy atom. The fraction of sp³-hybridized carbons (Fsp3) is 0.760. The van der Waals surface area contributed by atoms with E-state index in [1.807, 2.05) is 0 Å². The first-order valence-electron chi connectivity index (χ1n) is 34.8. The molecule has 1 atom stereocenters. The molecule has 0 radical (unpaired) electrons. The summed E-state index contributed by atoms with van der Waals surface area (Å²) < 4.78 is 10.8. The summed E-state index contributed by atoms with van der Waals surface area (Å²) in [6.07, 6.45) is 100. The van der Waals surface area contributed by atoms with Gasteiger partial charge in [-0.1, -0.05) is 336 Å². The molecule has 0 aliphatic rings.